The molecular weight excluding hydrogens is 162 g/mol. The minimum absolute atomic E-state index is 0.717. The first-order chi connectivity index (χ1) is 5.24. The maximum atomic E-state index is 10.5. The molecular formula is C7H14NO2S-. The van der Waals surface area contributed by atoms with Gasteiger partial charge in [-0.25, -0.2) is 4.31 Å². The summed E-state index contributed by atoms with van der Waals surface area (Å²) in [6, 6.07) is 0. The lowest BCUT2D eigenvalue weighted by atomic mass is 9.96. The summed E-state index contributed by atoms with van der Waals surface area (Å²) in [4.78, 5) is 0. The summed E-state index contributed by atoms with van der Waals surface area (Å²) in [6.45, 7) is 3.59. The van der Waals surface area contributed by atoms with Crippen LogP contribution in [0.1, 0.15) is 26.2 Å². The van der Waals surface area contributed by atoms with Crippen LogP contribution in [0.15, 0.2) is 0 Å². The highest BCUT2D eigenvalue weighted by molar-refractivity contribution is 7.76. The minimum atomic E-state index is -1.99. The van der Waals surface area contributed by atoms with Gasteiger partial charge in [-0.2, -0.15) is 0 Å². The summed E-state index contributed by atoms with van der Waals surface area (Å²) in [5, 5.41) is 0. The monoisotopic (exact) mass is 176 g/mol. The summed E-state index contributed by atoms with van der Waals surface area (Å²) < 4.78 is 22.5. The minimum Gasteiger partial charge on any atom is -0.760 e. The van der Waals surface area contributed by atoms with E-state index < -0.39 is 11.3 Å². The topological polar surface area (TPSA) is 43.4 Å². The molecule has 1 aliphatic rings. The van der Waals surface area contributed by atoms with Crippen LogP contribution in [-0.2, 0) is 11.3 Å². The van der Waals surface area contributed by atoms with E-state index in [1.165, 1.54) is 10.7 Å². The van der Waals surface area contributed by atoms with Crippen LogP contribution in [0.5, 0.6) is 0 Å². The van der Waals surface area contributed by atoms with Gasteiger partial charge in [0.15, 0.2) is 0 Å². The van der Waals surface area contributed by atoms with Crippen molar-refractivity contribution in [2.75, 3.05) is 13.1 Å². The molecule has 3 nitrogen and oxygen atoms in total. The molecule has 1 saturated heterocycles. The van der Waals surface area contributed by atoms with Crippen LogP contribution < -0.4 is 0 Å². The first kappa shape index (κ1) is 9.16. The third kappa shape index (κ3) is 2.54. The van der Waals surface area contributed by atoms with Crippen LogP contribution in [0, 0.1) is 5.92 Å². The second kappa shape index (κ2) is 4.18. The van der Waals surface area contributed by atoms with Gasteiger partial charge in [0.05, 0.1) is 0 Å². The lowest BCUT2D eigenvalue weighted by molar-refractivity contribution is 0.263. The molecule has 66 valence electrons. The molecule has 0 N–H and O–H groups in total. The quantitative estimate of drug-likeness (QED) is 0.587. The second-order valence-electron chi connectivity index (χ2n) is 3.00. The first-order valence-corrected chi connectivity index (χ1v) is 5.11. The van der Waals surface area contributed by atoms with Gasteiger partial charge in [-0.15, -0.1) is 0 Å². The smallest absolute Gasteiger partial charge is 0.0209 e. The third-order valence-electron chi connectivity index (χ3n) is 2.36. The maximum absolute atomic E-state index is 10.5. The number of piperidine rings is 1. The van der Waals surface area contributed by atoms with E-state index in [0.717, 1.165) is 18.8 Å². The molecule has 0 saturated carbocycles. The Morgan fingerprint density at radius 1 is 1.55 bits per heavy atom. The SMILES string of the molecule is CCC1CCN(S(=O)[O-])CC1. The molecule has 0 aromatic rings. The molecule has 1 fully saturated rings. The number of nitrogens with zero attached hydrogens (tertiary/aromatic N) is 1. The van der Waals surface area contributed by atoms with Crippen LogP contribution in [0.3, 0.4) is 0 Å². The molecule has 1 heterocycles. The molecule has 1 unspecified atom stereocenters. The molecule has 1 atom stereocenters. The van der Waals surface area contributed by atoms with E-state index in [-0.39, 0.29) is 0 Å². The molecule has 0 spiro atoms. The molecule has 0 bridgehead atoms. The molecule has 0 aromatic heterocycles. The Morgan fingerprint density at radius 3 is 2.45 bits per heavy atom. The van der Waals surface area contributed by atoms with Crippen molar-refractivity contribution in [1.29, 1.82) is 0 Å². The van der Waals surface area contributed by atoms with Gasteiger partial charge in [-0.3, -0.25) is 4.21 Å². The molecule has 4 heteroatoms. The molecule has 1 rings (SSSR count). The van der Waals surface area contributed by atoms with Gasteiger partial charge in [-0.05, 0) is 18.8 Å². The highest BCUT2D eigenvalue weighted by atomic mass is 32.2. The van der Waals surface area contributed by atoms with Gasteiger partial charge in [-0.1, -0.05) is 13.3 Å². The Kier molecular flexibility index (Phi) is 3.48. The maximum Gasteiger partial charge on any atom is 0.0209 e. The van der Waals surface area contributed by atoms with Crippen molar-refractivity contribution < 1.29 is 8.76 Å². The lowest BCUT2D eigenvalue weighted by Gasteiger charge is -2.32. The molecule has 0 amide bonds. The van der Waals surface area contributed by atoms with E-state index in [1.54, 1.807) is 0 Å². The van der Waals surface area contributed by atoms with Gasteiger partial charge < -0.3 is 4.55 Å². The Balaban J connectivity index is 2.30. The largest absolute Gasteiger partial charge is 0.760 e. The average Bonchev–Trinajstić information content (AvgIpc) is 2.05. The number of rotatable bonds is 2. The molecule has 0 radical (unpaired) electrons. The Hall–Kier alpha value is 0.0700. The fourth-order valence-electron chi connectivity index (χ4n) is 1.47. The van der Waals surface area contributed by atoms with Crippen molar-refractivity contribution in [2.45, 2.75) is 26.2 Å². The van der Waals surface area contributed by atoms with Gasteiger partial charge in [0.1, 0.15) is 0 Å². The number of hydrogen-bond donors (Lipinski definition) is 0. The summed E-state index contributed by atoms with van der Waals surface area (Å²) in [5.41, 5.74) is 0. The van der Waals surface area contributed by atoms with Crippen molar-refractivity contribution in [1.82, 2.24) is 4.31 Å². The zero-order valence-electron chi connectivity index (χ0n) is 6.78. The number of hydrogen-bond acceptors (Lipinski definition) is 2. The fourth-order valence-corrected chi connectivity index (χ4v) is 1.98. The Bertz CT molecular complexity index is 143. The van der Waals surface area contributed by atoms with Crippen LogP contribution in [0.4, 0.5) is 0 Å². The normalized spacial score (nSPS) is 25.3. The molecule has 0 aromatic carbocycles. The zero-order valence-corrected chi connectivity index (χ0v) is 7.60. The molecule has 1 aliphatic heterocycles. The summed E-state index contributed by atoms with van der Waals surface area (Å²) in [6.07, 6.45) is 3.24. The second-order valence-corrected chi connectivity index (χ2v) is 3.95. The predicted octanol–water partition coefficient (Wildman–Crippen LogP) is 0.903. The summed E-state index contributed by atoms with van der Waals surface area (Å²) in [5.74, 6) is 0.745. The van der Waals surface area contributed by atoms with Crippen LogP contribution >= 0.6 is 0 Å². The van der Waals surface area contributed by atoms with E-state index in [0.29, 0.717) is 13.1 Å². The van der Waals surface area contributed by atoms with Crippen LogP contribution in [0.2, 0.25) is 0 Å². The third-order valence-corrected chi connectivity index (χ3v) is 3.15. The lowest BCUT2D eigenvalue weighted by Crippen LogP contribution is -2.34. The van der Waals surface area contributed by atoms with Gasteiger partial charge in [0, 0.05) is 24.4 Å². The zero-order chi connectivity index (χ0) is 8.27. The predicted molar refractivity (Wildman–Crippen MR) is 43.5 cm³/mol. The highest BCUT2D eigenvalue weighted by Gasteiger charge is 2.17. The highest BCUT2D eigenvalue weighted by Crippen LogP contribution is 2.19. The van der Waals surface area contributed by atoms with E-state index in [2.05, 4.69) is 6.92 Å². The van der Waals surface area contributed by atoms with Gasteiger partial charge >= 0.3 is 0 Å². The fraction of sp³-hybridized carbons (Fsp3) is 1.00. The standard InChI is InChI=1S/C7H15NO2S/c1-2-7-3-5-8(6-4-7)11(9)10/h7H,2-6H2,1H3,(H,9,10)/p-1. The summed E-state index contributed by atoms with van der Waals surface area (Å²) in [7, 11) is 0. The van der Waals surface area contributed by atoms with E-state index in [9.17, 15) is 8.76 Å². The van der Waals surface area contributed by atoms with Crippen molar-refractivity contribution in [2.24, 2.45) is 5.92 Å². The Morgan fingerprint density at radius 2 is 2.09 bits per heavy atom. The Labute approximate surface area is 70.2 Å². The van der Waals surface area contributed by atoms with Crippen LogP contribution in [-0.4, -0.2) is 26.2 Å². The van der Waals surface area contributed by atoms with Gasteiger partial charge in [0.2, 0.25) is 0 Å². The first-order valence-electron chi connectivity index (χ1n) is 4.08. The van der Waals surface area contributed by atoms with Crippen molar-refractivity contribution in [3.05, 3.63) is 0 Å². The van der Waals surface area contributed by atoms with E-state index in [1.807, 2.05) is 0 Å². The van der Waals surface area contributed by atoms with Crippen molar-refractivity contribution in [3.8, 4) is 0 Å². The van der Waals surface area contributed by atoms with Crippen molar-refractivity contribution >= 4 is 11.3 Å². The average molecular weight is 176 g/mol. The molecule has 11 heavy (non-hydrogen) atoms. The van der Waals surface area contributed by atoms with Crippen LogP contribution in [0.25, 0.3) is 0 Å². The van der Waals surface area contributed by atoms with Gasteiger partial charge in [0.25, 0.3) is 0 Å². The van der Waals surface area contributed by atoms with Crippen molar-refractivity contribution in [3.63, 3.8) is 0 Å². The summed E-state index contributed by atoms with van der Waals surface area (Å²) >= 11 is -1.99. The molecule has 0 aliphatic carbocycles. The van der Waals surface area contributed by atoms with E-state index >= 15 is 0 Å². The van der Waals surface area contributed by atoms with E-state index in [4.69, 9.17) is 0 Å².